The number of carboxylic acid groups (broad SMARTS) is 1. The number of ether oxygens (including phenoxy) is 1. The Kier molecular flexibility index (Phi) is 4.59. The van der Waals surface area contributed by atoms with E-state index >= 15 is 0 Å². The van der Waals surface area contributed by atoms with Gasteiger partial charge in [-0.05, 0) is 13.8 Å². The first kappa shape index (κ1) is 10.5. The van der Waals surface area contributed by atoms with Gasteiger partial charge < -0.3 is 20.5 Å². The maximum Gasteiger partial charge on any atom is 0.408 e. The van der Waals surface area contributed by atoms with E-state index in [1.54, 1.807) is 13.8 Å². The Morgan fingerprint density at radius 3 is 2.42 bits per heavy atom. The average molecular weight is 176 g/mol. The third-order valence-corrected chi connectivity index (χ3v) is 0.815. The van der Waals surface area contributed by atoms with Crippen LogP contribution in [-0.2, 0) is 4.74 Å². The standard InChI is InChI=1S/C6H12N2O4/c1-4(2)12-6(11)8-3-7-5(9)10/h4,7H,3H2,1-2H3,(H,8,11)(H,9,10). The van der Waals surface area contributed by atoms with Crippen LogP contribution < -0.4 is 10.6 Å². The summed E-state index contributed by atoms with van der Waals surface area (Å²) in [4.78, 5) is 20.6. The number of carbonyl (C=O) groups is 2. The largest absolute Gasteiger partial charge is 0.465 e. The van der Waals surface area contributed by atoms with Crippen LogP contribution >= 0.6 is 0 Å². The topological polar surface area (TPSA) is 87.7 Å². The van der Waals surface area contributed by atoms with E-state index in [-0.39, 0.29) is 12.8 Å². The van der Waals surface area contributed by atoms with Gasteiger partial charge in [0.1, 0.15) is 0 Å². The predicted molar refractivity (Wildman–Crippen MR) is 40.8 cm³/mol. The molecule has 12 heavy (non-hydrogen) atoms. The monoisotopic (exact) mass is 176 g/mol. The van der Waals surface area contributed by atoms with Crippen molar-refractivity contribution >= 4 is 12.2 Å². The summed E-state index contributed by atoms with van der Waals surface area (Å²) in [6.45, 7) is 3.25. The minimum atomic E-state index is -1.19. The Bertz CT molecular complexity index is 169. The summed E-state index contributed by atoms with van der Waals surface area (Å²) in [6, 6.07) is 0. The second-order valence-corrected chi connectivity index (χ2v) is 2.29. The van der Waals surface area contributed by atoms with E-state index in [9.17, 15) is 9.59 Å². The van der Waals surface area contributed by atoms with E-state index in [1.165, 1.54) is 0 Å². The van der Waals surface area contributed by atoms with Crippen LogP contribution in [0.2, 0.25) is 0 Å². The van der Waals surface area contributed by atoms with Gasteiger partial charge in [0.15, 0.2) is 0 Å². The molecule has 0 aromatic heterocycles. The summed E-state index contributed by atoms with van der Waals surface area (Å²) in [5.41, 5.74) is 0. The molecule has 0 saturated carbocycles. The molecule has 0 fully saturated rings. The third-order valence-electron chi connectivity index (χ3n) is 0.815. The van der Waals surface area contributed by atoms with Crippen molar-refractivity contribution in [1.29, 1.82) is 0 Å². The summed E-state index contributed by atoms with van der Waals surface area (Å²) >= 11 is 0. The van der Waals surface area contributed by atoms with Gasteiger partial charge in [-0.25, -0.2) is 9.59 Å². The zero-order valence-corrected chi connectivity index (χ0v) is 6.96. The smallest absolute Gasteiger partial charge is 0.408 e. The Hall–Kier alpha value is -1.46. The second-order valence-electron chi connectivity index (χ2n) is 2.29. The highest BCUT2D eigenvalue weighted by Crippen LogP contribution is 1.86. The first-order chi connectivity index (χ1) is 5.52. The van der Waals surface area contributed by atoms with Gasteiger partial charge in [-0.1, -0.05) is 0 Å². The zero-order valence-electron chi connectivity index (χ0n) is 6.96. The predicted octanol–water partition coefficient (Wildman–Crippen LogP) is 0.346. The van der Waals surface area contributed by atoms with Crippen LogP contribution in [0, 0.1) is 0 Å². The van der Waals surface area contributed by atoms with Gasteiger partial charge in [-0.2, -0.15) is 0 Å². The molecule has 0 unspecified atom stereocenters. The molecular formula is C6H12N2O4. The summed E-state index contributed by atoms with van der Waals surface area (Å²) in [6.07, 6.45) is -2.05. The highest BCUT2D eigenvalue weighted by Gasteiger charge is 2.03. The number of carbonyl (C=O) groups excluding carboxylic acids is 1. The molecule has 0 aliphatic rings. The summed E-state index contributed by atoms with van der Waals surface area (Å²) < 4.78 is 4.65. The quantitative estimate of drug-likeness (QED) is 0.541. The van der Waals surface area contributed by atoms with Crippen LogP contribution in [0.5, 0.6) is 0 Å². The summed E-state index contributed by atoms with van der Waals surface area (Å²) in [5, 5.41) is 12.3. The molecule has 0 rings (SSSR count). The van der Waals surface area contributed by atoms with Crippen molar-refractivity contribution in [3.63, 3.8) is 0 Å². The van der Waals surface area contributed by atoms with Crippen LogP contribution in [0.15, 0.2) is 0 Å². The molecule has 6 nitrogen and oxygen atoms in total. The molecule has 2 amide bonds. The van der Waals surface area contributed by atoms with Crippen molar-refractivity contribution in [1.82, 2.24) is 10.6 Å². The Morgan fingerprint density at radius 2 is 2.00 bits per heavy atom. The van der Waals surface area contributed by atoms with Crippen molar-refractivity contribution in [2.45, 2.75) is 20.0 Å². The molecule has 0 spiro atoms. The van der Waals surface area contributed by atoms with Crippen LogP contribution in [0.1, 0.15) is 13.8 Å². The summed E-state index contributed by atoms with van der Waals surface area (Å²) in [5.74, 6) is 0. The van der Waals surface area contributed by atoms with Gasteiger partial charge in [0.05, 0.1) is 12.8 Å². The third kappa shape index (κ3) is 6.66. The molecule has 70 valence electrons. The fourth-order valence-electron chi connectivity index (χ4n) is 0.448. The number of hydrogen-bond donors (Lipinski definition) is 3. The minimum Gasteiger partial charge on any atom is -0.465 e. The molecule has 0 saturated heterocycles. The molecule has 0 bridgehead atoms. The molecule has 6 heteroatoms. The Morgan fingerprint density at radius 1 is 1.42 bits per heavy atom. The fourth-order valence-corrected chi connectivity index (χ4v) is 0.448. The van der Waals surface area contributed by atoms with Crippen LogP contribution in [0.25, 0.3) is 0 Å². The number of hydrogen-bond acceptors (Lipinski definition) is 3. The lowest BCUT2D eigenvalue weighted by Crippen LogP contribution is -2.37. The van der Waals surface area contributed by atoms with Crippen molar-refractivity contribution in [3.05, 3.63) is 0 Å². The molecule has 0 aliphatic heterocycles. The van der Waals surface area contributed by atoms with Gasteiger partial charge in [-0.3, -0.25) is 0 Å². The average Bonchev–Trinajstić information content (AvgIpc) is 1.84. The molecule has 0 heterocycles. The van der Waals surface area contributed by atoms with Gasteiger partial charge in [-0.15, -0.1) is 0 Å². The first-order valence-corrected chi connectivity index (χ1v) is 3.43. The molecule has 0 aromatic rings. The van der Waals surface area contributed by atoms with Crippen LogP contribution in [0.4, 0.5) is 9.59 Å². The number of rotatable bonds is 3. The second kappa shape index (κ2) is 5.22. The zero-order chi connectivity index (χ0) is 9.56. The lowest BCUT2D eigenvalue weighted by molar-refractivity contribution is 0.115. The first-order valence-electron chi connectivity index (χ1n) is 3.43. The molecule has 0 atom stereocenters. The van der Waals surface area contributed by atoms with Gasteiger partial charge in [0, 0.05) is 0 Å². The maximum atomic E-state index is 10.7. The summed E-state index contributed by atoms with van der Waals surface area (Å²) in [7, 11) is 0. The molecule has 0 aliphatic carbocycles. The van der Waals surface area contributed by atoms with Gasteiger partial charge >= 0.3 is 12.2 Å². The lowest BCUT2D eigenvalue weighted by atomic mass is 10.5. The molecule has 3 N–H and O–H groups in total. The van der Waals surface area contributed by atoms with E-state index in [4.69, 9.17) is 5.11 Å². The van der Waals surface area contributed by atoms with Crippen molar-refractivity contribution in [3.8, 4) is 0 Å². The minimum absolute atomic E-state index is 0.152. The number of alkyl carbamates (subject to hydrolysis) is 1. The van der Waals surface area contributed by atoms with Gasteiger partial charge in [0.25, 0.3) is 0 Å². The molecule has 0 radical (unpaired) electrons. The lowest BCUT2D eigenvalue weighted by Gasteiger charge is -2.08. The van der Waals surface area contributed by atoms with Crippen molar-refractivity contribution in [2.24, 2.45) is 0 Å². The Labute approximate surface area is 69.9 Å². The Balaban J connectivity index is 3.38. The molecule has 0 aromatic carbocycles. The maximum absolute atomic E-state index is 10.7. The van der Waals surface area contributed by atoms with E-state index in [0.29, 0.717) is 0 Å². The van der Waals surface area contributed by atoms with E-state index < -0.39 is 12.2 Å². The van der Waals surface area contributed by atoms with Crippen molar-refractivity contribution in [2.75, 3.05) is 6.67 Å². The molecular weight excluding hydrogens is 164 g/mol. The van der Waals surface area contributed by atoms with E-state index in [1.807, 2.05) is 5.32 Å². The van der Waals surface area contributed by atoms with E-state index in [0.717, 1.165) is 0 Å². The van der Waals surface area contributed by atoms with E-state index in [2.05, 4.69) is 10.1 Å². The van der Waals surface area contributed by atoms with Gasteiger partial charge in [0.2, 0.25) is 0 Å². The van der Waals surface area contributed by atoms with Crippen LogP contribution in [0.3, 0.4) is 0 Å². The van der Waals surface area contributed by atoms with Crippen molar-refractivity contribution < 1.29 is 19.4 Å². The highest BCUT2D eigenvalue weighted by atomic mass is 16.6. The fraction of sp³-hybridized carbons (Fsp3) is 0.667. The number of amides is 2. The highest BCUT2D eigenvalue weighted by molar-refractivity contribution is 5.69. The van der Waals surface area contributed by atoms with Crippen LogP contribution in [-0.4, -0.2) is 30.1 Å². The normalized spacial score (nSPS) is 9.25. The SMILES string of the molecule is CC(C)OC(=O)NCNC(=O)O. The number of nitrogens with one attached hydrogen (secondary N) is 2.